The molecule has 0 rings (SSSR count). The number of hydrogen-bond acceptors (Lipinski definition) is 2. The molecular formula is C11H25NS. The number of unbranched alkanes of at least 4 members (excludes halogenated alkanes) is 1. The van der Waals surface area contributed by atoms with Crippen molar-refractivity contribution in [3.8, 4) is 0 Å². The second-order valence-corrected chi connectivity index (χ2v) is 4.79. The fourth-order valence-electron chi connectivity index (χ4n) is 1.29. The van der Waals surface area contributed by atoms with Crippen LogP contribution in [-0.4, -0.2) is 24.1 Å². The van der Waals surface area contributed by atoms with Crippen molar-refractivity contribution in [3.05, 3.63) is 0 Å². The van der Waals surface area contributed by atoms with E-state index in [1.807, 2.05) is 0 Å². The van der Waals surface area contributed by atoms with Crippen LogP contribution in [0, 0.1) is 0 Å². The molecule has 0 saturated carbocycles. The van der Waals surface area contributed by atoms with Gasteiger partial charge in [-0.05, 0) is 44.2 Å². The van der Waals surface area contributed by atoms with E-state index in [-0.39, 0.29) is 0 Å². The van der Waals surface area contributed by atoms with Gasteiger partial charge in [0.25, 0.3) is 0 Å². The summed E-state index contributed by atoms with van der Waals surface area (Å²) in [6.45, 7) is 7.81. The number of rotatable bonds is 9. The van der Waals surface area contributed by atoms with Crippen LogP contribution in [0.3, 0.4) is 0 Å². The number of hydrogen-bond donors (Lipinski definition) is 1. The second-order valence-electron chi connectivity index (χ2n) is 3.57. The molecule has 1 atom stereocenters. The van der Waals surface area contributed by atoms with Gasteiger partial charge in [0.05, 0.1) is 0 Å². The molecule has 0 heterocycles. The van der Waals surface area contributed by atoms with E-state index in [1.165, 1.54) is 37.2 Å². The highest BCUT2D eigenvalue weighted by atomic mass is 32.2. The van der Waals surface area contributed by atoms with Gasteiger partial charge >= 0.3 is 0 Å². The van der Waals surface area contributed by atoms with Crippen LogP contribution in [0.4, 0.5) is 0 Å². The first-order chi connectivity index (χ1) is 6.31. The van der Waals surface area contributed by atoms with E-state index >= 15 is 0 Å². The van der Waals surface area contributed by atoms with E-state index in [4.69, 9.17) is 0 Å². The van der Waals surface area contributed by atoms with E-state index < -0.39 is 0 Å². The van der Waals surface area contributed by atoms with Crippen LogP contribution >= 0.6 is 11.8 Å². The Kier molecular flexibility index (Phi) is 10.6. The smallest absolute Gasteiger partial charge is 0.00389 e. The minimum absolute atomic E-state index is 0.705. The minimum atomic E-state index is 0.705. The van der Waals surface area contributed by atoms with Crippen molar-refractivity contribution in [1.82, 2.24) is 5.32 Å². The predicted octanol–water partition coefficient (Wildman–Crippen LogP) is 3.30. The average Bonchev–Trinajstić information content (AvgIpc) is 2.11. The minimum Gasteiger partial charge on any atom is -0.315 e. The van der Waals surface area contributed by atoms with E-state index in [0.29, 0.717) is 6.04 Å². The van der Waals surface area contributed by atoms with Crippen molar-refractivity contribution in [2.24, 2.45) is 0 Å². The van der Waals surface area contributed by atoms with Crippen molar-refractivity contribution in [1.29, 1.82) is 0 Å². The number of nitrogens with one attached hydrogen (secondary N) is 1. The summed E-state index contributed by atoms with van der Waals surface area (Å²) >= 11 is 2.11. The van der Waals surface area contributed by atoms with E-state index in [2.05, 4.69) is 37.8 Å². The zero-order valence-electron chi connectivity index (χ0n) is 9.44. The first-order valence-electron chi connectivity index (χ1n) is 5.62. The predicted molar refractivity (Wildman–Crippen MR) is 64.6 cm³/mol. The van der Waals surface area contributed by atoms with Crippen LogP contribution in [0.2, 0.25) is 0 Å². The van der Waals surface area contributed by atoms with Gasteiger partial charge in [-0.15, -0.1) is 0 Å². The summed E-state index contributed by atoms with van der Waals surface area (Å²) < 4.78 is 0. The Morgan fingerprint density at radius 2 is 1.85 bits per heavy atom. The lowest BCUT2D eigenvalue weighted by atomic mass is 10.2. The van der Waals surface area contributed by atoms with E-state index in [0.717, 1.165) is 6.54 Å². The first kappa shape index (κ1) is 13.3. The molecule has 13 heavy (non-hydrogen) atoms. The fourth-order valence-corrected chi connectivity index (χ4v) is 2.36. The van der Waals surface area contributed by atoms with Crippen LogP contribution in [0.1, 0.15) is 46.5 Å². The highest BCUT2D eigenvalue weighted by molar-refractivity contribution is 7.99. The molecule has 0 bridgehead atoms. The van der Waals surface area contributed by atoms with Crippen LogP contribution in [0.25, 0.3) is 0 Å². The largest absolute Gasteiger partial charge is 0.315 e. The van der Waals surface area contributed by atoms with Gasteiger partial charge in [-0.2, -0.15) is 11.8 Å². The molecule has 80 valence electrons. The Balaban J connectivity index is 2.97. The third kappa shape index (κ3) is 10.2. The van der Waals surface area contributed by atoms with Crippen molar-refractivity contribution in [2.45, 2.75) is 52.5 Å². The molecule has 0 aliphatic carbocycles. The molecule has 0 aliphatic rings. The van der Waals surface area contributed by atoms with Crippen LogP contribution in [0.5, 0.6) is 0 Å². The molecule has 0 aromatic carbocycles. The van der Waals surface area contributed by atoms with Gasteiger partial charge in [0.1, 0.15) is 0 Å². The molecule has 1 unspecified atom stereocenters. The zero-order chi connectivity index (χ0) is 9.94. The van der Waals surface area contributed by atoms with Crippen molar-refractivity contribution < 1.29 is 0 Å². The molecule has 2 heteroatoms. The number of thioether (sulfide) groups is 1. The Morgan fingerprint density at radius 1 is 1.15 bits per heavy atom. The lowest BCUT2D eigenvalue weighted by Crippen LogP contribution is -2.25. The van der Waals surface area contributed by atoms with Crippen molar-refractivity contribution in [2.75, 3.05) is 18.1 Å². The summed E-state index contributed by atoms with van der Waals surface area (Å²) in [6, 6.07) is 0.705. The molecule has 0 spiro atoms. The van der Waals surface area contributed by atoms with Gasteiger partial charge < -0.3 is 5.32 Å². The molecule has 0 saturated heterocycles. The lowest BCUT2D eigenvalue weighted by Gasteiger charge is -2.11. The van der Waals surface area contributed by atoms with E-state index in [9.17, 15) is 0 Å². The highest BCUT2D eigenvalue weighted by Gasteiger charge is 1.98. The third-order valence-corrected chi connectivity index (χ3v) is 3.28. The van der Waals surface area contributed by atoms with Gasteiger partial charge in [-0.25, -0.2) is 0 Å². The maximum atomic E-state index is 3.44. The van der Waals surface area contributed by atoms with Crippen molar-refractivity contribution in [3.63, 3.8) is 0 Å². The Morgan fingerprint density at radius 3 is 2.46 bits per heavy atom. The highest BCUT2D eigenvalue weighted by Crippen LogP contribution is 2.08. The molecule has 1 N–H and O–H groups in total. The summed E-state index contributed by atoms with van der Waals surface area (Å²) in [5, 5.41) is 3.44. The summed E-state index contributed by atoms with van der Waals surface area (Å²) in [6.07, 6.45) is 5.41. The van der Waals surface area contributed by atoms with Crippen LogP contribution in [-0.2, 0) is 0 Å². The van der Waals surface area contributed by atoms with Gasteiger partial charge in [0.2, 0.25) is 0 Å². The summed E-state index contributed by atoms with van der Waals surface area (Å²) in [7, 11) is 0. The molecule has 0 fully saturated rings. The summed E-state index contributed by atoms with van der Waals surface area (Å²) in [4.78, 5) is 0. The summed E-state index contributed by atoms with van der Waals surface area (Å²) in [5.74, 6) is 2.70. The monoisotopic (exact) mass is 203 g/mol. The maximum Gasteiger partial charge on any atom is 0.00389 e. The Bertz CT molecular complexity index is 96.1. The molecule has 0 aromatic heterocycles. The van der Waals surface area contributed by atoms with Gasteiger partial charge in [0, 0.05) is 6.04 Å². The summed E-state index contributed by atoms with van der Waals surface area (Å²) in [5.41, 5.74) is 0. The second kappa shape index (κ2) is 10.4. The van der Waals surface area contributed by atoms with Crippen LogP contribution in [0.15, 0.2) is 0 Å². The quantitative estimate of drug-likeness (QED) is 0.577. The third-order valence-electron chi connectivity index (χ3n) is 2.12. The Labute approximate surface area is 88.1 Å². The Hall–Kier alpha value is 0.310. The zero-order valence-corrected chi connectivity index (χ0v) is 10.3. The molecule has 1 nitrogen and oxygen atoms in total. The molecular weight excluding hydrogens is 178 g/mol. The SMILES string of the molecule is CCCCSCCCC(C)NCC. The average molecular weight is 203 g/mol. The van der Waals surface area contributed by atoms with Crippen LogP contribution < -0.4 is 5.32 Å². The fraction of sp³-hybridized carbons (Fsp3) is 1.00. The standard InChI is InChI=1S/C11H25NS/c1-4-6-9-13-10-7-8-11(3)12-5-2/h11-12H,4-10H2,1-3H3. The van der Waals surface area contributed by atoms with Gasteiger partial charge in [-0.3, -0.25) is 0 Å². The lowest BCUT2D eigenvalue weighted by molar-refractivity contribution is 0.526. The van der Waals surface area contributed by atoms with Gasteiger partial charge in [-0.1, -0.05) is 20.3 Å². The topological polar surface area (TPSA) is 12.0 Å². The van der Waals surface area contributed by atoms with E-state index in [1.54, 1.807) is 0 Å². The van der Waals surface area contributed by atoms with Crippen molar-refractivity contribution >= 4 is 11.8 Å². The first-order valence-corrected chi connectivity index (χ1v) is 6.77. The molecule has 0 aromatic rings. The molecule has 0 aliphatic heterocycles. The normalized spacial score (nSPS) is 13.2. The van der Waals surface area contributed by atoms with Gasteiger partial charge in [0.15, 0.2) is 0 Å². The molecule has 0 amide bonds. The maximum absolute atomic E-state index is 3.44. The molecule has 0 radical (unpaired) electrons.